The second kappa shape index (κ2) is 5.18. The monoisotopic (exact) mass is 324 g/mol. The van der Waals surface area contributed by atoms with Crippen molar-refractivity contribution in [3.8, 4) is 11.3 Å². The maximum atomic E-state index is 6.26. The summed E-state index contributed by atoms with van der Waals surface area (Å²) in [4.78, 5) is 0. The van der Waals surface area contributed by atoms with E-state index < -0.39 is 0 Å². The zero-order chi connectivity index (χ0) is 17.0. The van der Waals surface area contributed by atoms with Crippen molar-refractivity contribution in [1.82, 2.24) is 0 Å². The molecule has 3 aromatic carbocycles. The van der Waals surface area contributed by atoms with Gasteiger partial charge < -0.3 is 4.42 Å². The summed E-state index contributed by atoms with van der Waals surface area (Å²) in [5, 5.41) is 4.76. The third-order valence-corrected chi connectivity index (χ3v) is 5.07. The van der Waals surface area contributed by atoms with Crippen molar-refractivity contribution in [3.05, 3.63) is 78.4 Å². The van der Waals surface area contributed by atoms with Crippen molar-refractivity contribution in [2.75, 3.05) is 0 Å². The van der Waals surface area contributed by atoms with E-state index in [1.165, 1.54) is 27.3 Å². The van der Waals surface area contributed by atoms with Crippen molar-refractivity contribution in [1.29, 1.82) is 0 Å². The molecule has 2 aromatic heterocycles. The van der Waals surface area contributed by atoms with Crippen LogP contribution < -0.4 is 4.57 Å². The topological polar surface area (TPSA) is 17.0 Å². The first-order valence-electron chi connectivity index (χ1n) is 8.52. The van der Waals surface area contributed by atoms with Crippen LogP contribution in [0.3, 0.4) is 0 Å². The van der Waals surface area contributed by atoms with E-state index in [1.54, 1.807) is 0 Å². The van der Waals surface area contributed by atoms with Gasteiger partial charge in [0.15, 0.2) is 0 Å². The molecule has 0 saturated carbocycles. The lowest BCUT2D eigenvalue weighted by Gasteiger charge is -2.03. The van der Waals surface area contributed by atoms with Crippen LogP contribution in [0.25, 0.3) is 44.1 Å². The SMILES string of the molecule is Cc1ccccc1-c1ccc2c3cc4ccccc4cc3oc2[n+]1C. The van der Waals surface area contributed by atoms with Gasteiger partial charge in [-0.1, -0.05) is 42.5 Å². The predicted molar refractivity (Wildman–Crippen MR) is 103 cm³/mol. The molecule has 0 radical (unpaired) electrons. The Morgan fingerprint density at radius 2 is 1.48 bits per heavy atom. The molecule has 5 rings (SSSR count). The Morgan fingerprint density at radius 1 is 0.760 bits per heavy atom. The number of fused-ring (bicyclic) bond motifs is 4. The number of nitrogens with zero attached hydrogens (tertiary/aromatic N) is 1. The highest BCUT2D eigenvalue weighted by Crippen LogP contribution is 2.32. The smallest absolute Gasteiger partial charge is 0.381 e. The van der Waals surface area contributed by atoms with E-state index in [9.17, 15) is 0 Å². The summed E-state index contributed by atoms with van der Waals surface area (Å²) in [6.07, 6.45) is 0. The number of furan rings is 1. The van der Waals surface area contributed by atoms with Crippen LogP contribution in [0.1, 0.15) is 5.56 Å². The predicted octanol–water partition coefficient (Wildman–Crippen LogP) is 5.54. The Bertz CT molecular complexity index is 1260. The Hall–Kier alpha value is -3.13. The molecule has 0 saturated heterocycles. The van der Waals surface area contributed by atoms with Crippen molar-refractivity contribution in [2.45, 2.75) is 6.92 Å². The zero-order valence-electron chi connectivity index (χ0n) is 14.3. The first-order chi connectivity index (χ1) is 12.2. The van der Waals surface area contributed by atoms with E-state index >= 15 is 0 Å². The van der Waals surface area contributed by atoms with Crippen LogP contribution in [-0.2, 0) is 7.05 Å². The van der Waals surface area contributed by atoms with Crippen LogP contribution in [0, 0.1) is 6.92 Å². The molecule has 0 unspecified atom stereocenters. The van der Waals surface area contributed by atoms with Crippen molar-refractivity contribution in [3.63, 3.8) is 0 Å². The number of aryl methyl sites for hydroxylation is 2. The summed E-state index contributed by atoms with van der Waals surface area (Å²) in [7, 11) is 2.08. The molecule has 0 aliphatic rings. The average molecular weight is 324 g/mol. The highest BCUT2D eigenvalue weighted by atomic mass is 16.3. The van der Waals surface area contributed by atoms with Gasteiger partial charge in [-0.05, 0) is 47.5 Å². The summed E-state index contributed by atoms with van der Waals surface area (Å²) >= 11 is 0. The molecule has 2 heteroatoms. The van der Waals surface area contributed by atoms with Gasteiger partial charge in [-0.15, -0.1) is 0 Å². The Morgan fingerprint density at radius 3 is 2.28 bits per heavy atom. The van der Waals surface area contributed by atoms with Crippen LogP contribution in [-0.4, -0.2) is 0 Å². The molecular formula is C23H18NO+. The van der Waals surface area contributed by atoms with Crippen LogP contribution in [0.2, 0.25) is 0 Å². The van der Waals surface area contributed by atoms with Crippen LogP contribution in [0.5, 0.6) is 0 Å². The van der Waals surface area contributed by atoms with Gasteiger partial charge in [-0.2, -0.15) is 4.57 Å². The number of hydrogen-bond acceptors (Lipinski definition) is 1. The van der Waals surface area contributed by atoms with Gasteiger partial charge in [-0.25, -0.2) is 0 Å². The Balaban J connectivity index is 1.85. The van der Waals surface area contributed by atoms with E-state index in [2.05, 4.69) is 91.3 Å². The fourth-order valence-electron chi connectivity index (χ4n) is 3.71. The molecule has 0 aliphatic heterocycles. The number of benzene rings is 3. The number of rotatable bonds is 1. The molecule has 5 aromatic rings. The van der Waals surface area contributed by atoms with Gasteiger partial charge in [0.25, 0.3) is 0 Å². The third-order valence-electron chi connectivity index (χ3n) is 5.07. The van der Waals surface area contributed by atoms with Crippen LogP contribution >= 0.6 is 0 Å². The summed E-state index contributed by atoms with van der Waals surface area (Å²) in [5.41, 5.74) is 5.50. The lowest BCUT2D eigenvalue weighted by molar-refractivity contribution is -0.640. The number of hydrogen-bond donors (Lipinski definition) is 0. The van der Waals surface area contributed by atoms with E-state index in [-0.39, 0.29) is 0 Å². The summed E-state index contributed by atoms with van der Waals surface area (Å²) in [6, 6.07) is 25.6. The largest absolute Gasteiger partial charge is 0.404 e. The molecule has 0 spiro atoms. The molecular weight excluding hydrogens is 306 g/mol. The van der Waals surface area contributed by atoms with E-state index in [1.807, 2.05) is 0 Å². The average Bonchev–Trinajstić information content (AvgIpc) is 2.99. The molecule has 0 amide bonds. The van der Waals surface area contributed by atoms with Gasteiger partial charge in [0.05, 0.1) is 5.39 Å². The van der Waals surface area contributed by atoms with Gasteiger partial charge in [-0.3, -0.25) is 0 Å². The quantitative estimate of drug-likeness (QED) is 0.370. The third kappa shape index (κ3) is 2.07. The van der Waals surface area contributed by atoms with Gasteiger partial charge in [0.2, 0.25) is 5.69 Å². The maximum Gasteiger partial charge on any atom is 0.381 e. The highest BCUT2D eigenvalue weighted by molar-refractivity contribution is 6.08. The normalized spacial score (nSPS) is 11.6. The summed E-state index contributed by atoms with van der Waals surface area (Å²) in [5.74, 6) is 0. The molecule has 120 valence electrons. The minimum Gasteiger partial charge on any atom is -0.404 e. The summed E-state index contributed by atoms with van der Waals surface area (Å²) in [6.45, 7) is 2.14. The fourth-order valence-corrected chi connectivity index (χ4v) is 3.71. The van der Waals surface area contributed by atoms with Crippen molar-refractivity contribution < 1.29 is 8.98 Å². The molecule has 0 aliphatic carbocycles. The standard InChI is InChI=1S/C23H18NO/c1-15-7-3-6-10-18(15)21-12-11-19-20-13-16-8-4-5-9-17(16)14-22(20)25-23(19)24(21)2/h3-14H,1-2H3/q+1. The number of pyridine rings is 1. The molecule has 2 heterocycles. The van der Waals surface area contributed by atoms with E-state index in [0.717, 1.165) is 22.4 Å². The van der Waals surface area contributed by atoms with E-state index in [0.29, 0.717) is 0 Å². The molecule has 0 bridgehead atoms. The van der Waals surface area contributed by atoms with Crippen molar-refractivity contribution >= 4 is 32.8 Å². The highest BCUT2D eigenvalue weighted by Gasteiger charge is 2.21. The van der Waals surface area contributed by atoms with Crippen LogP contribution in [0.4, 0.5) is 0 Å². The second-order valence-corrected chi connectivity index (χ2v) is 6.61. The van der Waals surface area contributed by atoms with E-state index in [4.69, 9.17) is 4.42 Å². The van der Waals surface area contributed by atoms with Gasteiger partial charge in [0.1, 0.15) is 12.6 Å². The minimum atomic E-state index is 0.908. The molecule has 25 heavy (non-hydrogen) atoms. The minimum absolute atomic E-state index is 0.908. The molecule has 0 fully saturated rings. The number of aromatic nitrogens is 1. The van der Waals surface area contributed by atoms with Crippen LogP contribution in [0.15, 0.2) is 77.2 Å². The Kier molecular flexibility index (Phi) is 2.95. The maximum absolute atomic E-state index is 6.26. The molecule has 2 nitrogen and oxygen atoms in total. The fraction of sp³-hybridized carbons (Fsp3) is 0.0870. The Labute approximate surface area is 145 Å². The lowest BCUT2D eigenvalue weighted by Crippen LogP contribution is -2.31. The first-order valence-corrected chi connectivity index (χ1v) is 8.52. The van der Waals surface area contributed by atoms with Gasteiger partial charge >= 0.3 is 5.71 Å². The lowest BCUT2D eigenvalue weighted by atomic mass is 10.0. The summed E-state index contributed by atoms with van der Waals surface area (Å²) < 4.78 is 8.41. The molecule has 0 atom stereocenters. The zero-order valence-corrected chi connectivity index (χ0v) is 14.3. The second-order valence-electron chi connectivity index (χ2n) is 6.61. The first kappa shape index (κ1) is 14.2. The molecule has 0 N–H and O–H groups in total. The van der Waals surface area contributed by atoms with Crippen molar-refractivity contribution in [2.24, 2.45) is 7.05 Å². The van der Waals surface area contributed by atoms with Gasteiger partial charge in [0, 0.05) is 17.0 Å².